The molecular formula is C20H24N2O3S. The van der Waals surface area contributed by atoms with Crippen molar-refractivity contribution in [2.75, 3.05) is 39.0 Å². The molecule has 0 aliphatic carbocycles. The summed E-state index contributed by atoms with van der Waals surface area (Å²) < 4.78 is 11.1. The Hall–Kier alpha value is -2.34. The molecule has 3 rings (SSSR count). The quantitative estimate of drug-likeness (QED) is 0.776. The van der Waals surface area contributed by atoms with E-state index < -0.39 is 0 Å². The lowest BCUT2D eigenvalue weighted by Crippen LogP contribution is -2.28. The van der Waals surface area contributed by atoms with Gasteiger partial charge in [-0.1, -0.05) is 18.2 Å². The molecule has 0 spiro atoms. The van der Waals surface area contributed by atoms with Gasteiger partial charge in [-0.25, -0.2) is 0 Å². The van der Waals surface area contributed by atoms with Gasteiger partial charge in [-0.15, -0.1) is 11.8 Å². The van der Waals surface area contributed by atoms with E-state index in [0.29, 0.717) is 12.3 Å². The van der Waals surface area contributed by atoms with Crippen LogP contribution in [0.2, 0.25) is 0 Å². The highest BCUT2D eigenvalue weighted by Gasteiger charge is 2.36. The van der Waals surface area contributed by atoms with Gasteiger partial charge in [0.05, 0.1) is 25.5 Å². The molecule has 5 nitrogen and oxygen atoms in total. The van der Waals surface area contributed by atoms with Gasteiger partial charge in [0.25, 0.3) is 0 Å². The van der Waals surface area contributed by atoms with Crippen LogP contribution in [0.1, 0.15) is 16.5 Å². The Kier molecular flexibility index (Phi) is 5.61. The Balaban J connectivity index is 1.90. The maximum absolute atomic E-state index is 12.6. The maximum atomic E-state index is 12.6. The van der Waals surface area contributed by atoms with Crippen molar-refractivity contribution in [1.29, 1.82) is 0 Å². The van der Waals surface area contributed by atoms with Crippen molar-refractivity contribution in [3.63, 3.8) is 0 Å². The summed E-state index contributed by atoms with van der Waals surface area (Å²) in [4.78, 5) is 16.5. The molecule has 1 aliphatic rings. The van der Waals surface area contributed by atoms with Crippen molar-refractivity contribution >= 4 is 23.4 Å². The summed E-state index contributed by atoms with van der Waals surface area (Å²) in [5, 5.41) is -0.123. The van der Waals surface area contributed by atoms with Gasteiger partial charge >= 0.3 is 0 Å². The van der Waals surface area contributed by atoms with E-state index >= 15 is 0 Å². The third-order valence-electron chi connectivity index (χ3n) is 4.49. The predicted molar refractivity (Wildman–Crippen MR) is 106 cm³/mol. The molecule has 1 aliphatic heterocycles. The first-order valence-corrected chi connectivity index (χ1v) is 9.48. The van der Waals surface area contributed by atoms with Crippen molar-refractivity contribution in [2.45, 2.75) is 11.9 Å². The van der Waals surface area contributed by atoms with Crippen LogP contribution in [0.5, 0.6) is 11.5 Å². The number of ether oxygens (including phenoxy) is 2. The summed E-state index contributed by atoms with van der Waals surface area (Å²) in [5.74, 6) is 2.07. The fourth-order valence-electron chi connectivity index (χ4n) is 3.08. The van der Waals surface area contributed by atoms with Gasteiger partial charge < -0.3 is 19.3 Å². The Labute approximate surface area is 158 Å². The zero-order valence-corrected chi connectivity index (χ0v) is 16.4. The van der Waals surface area contributed by atoms with Crippen LogP contribution >= 0.6 is 11.8 Å². The second kappa shape index (κ2) is 7.91. The van der Waals surface area contributed by atoms with Crippen LogP contribution in [-0.2, 0) is 11.3 Å². The fraction of sp³-hybridized carbons (Fsp3) is 0.350. The van der Waals surface area contributed by atoms with E-state index in [1.54, 1.807) is 26.0 Å². The molecule has 6 heteroatoms. The molecule has 1 atom stereocenters. The summed E-state index contributed by atoms with van der Waals surface area (Å²) in [6.45, 7) is 0.561. The first-order chi connectivity index (χ1) is 12.5. The van der Waals surface area contributed by atoms with Gasteiger partial charge in [0.15, 0.2) is 0 Å². The molecule has 1 saturated heterocycles. The van der Waals surface area contributed by atoms with Crippen LogP contribution in [-0.4, -0.2) is 44.9 Å². The lowest BCUT2D eigenvalue weighted by Gasteiger charge is -2.27. The highest BCUT2D eigenvalue weighted by atomic mass is 32.2. The molecule has 0 bridgehead atoms. The number of hydrogen-bond acceptors (Lipinski definition) is 5. The highest BCUT2D eigenvalue weighted by molar-refractivity contribution is 8.00. The highest BCUT2D eigenvalue weighted by Crippen LogP contribution is 2.47. The van der Waals surface area contributed by atoms with Crippen LogP contribution in [0.3, 0.4) is 0 Å². The maximum Gasteiger partial charge on any atom is 0.234 e. The number of rotatable bonds is 6. The minimum atomic E-state index is -0.123. The molecule has 2 aromatic carbocycles. The fourth-order valence-corrected chi connectivity index (χ4v) is 4.32. The number of methoxy groups -OCH3 is 2. The van der Waals surface area contributed by atoms with Gasteiger partial charge in [0.2, 0.25) is 5.91 Å². The van der Waals surface area contributed by atoms with Gasteiger partial charge in [-0.3, -0.25) is 4.79 Å². The monoisotopic (exact) mass is 372 g/mol. The van der Waals surface area contributed by atoms with E-state index in [-0.39, 0.29) is 11.3 Å². The number of amides is 1. The van der Waals surface area contributed by atoms with E-state index in [1.807, 2.05) is 37.2 Å². The minimum Gasteiger partial charge on any atom is -0.496 e. The van der Waals surface area contributed by atoms with Gasteiger partial charge in [0.1, 0.15) is 16.9 Å². The largest absolute Gasteiger partial charge is 0.496 e. The number of anilines is 1. The first kappa shape index (κ1) is 18.5. The lowest BCUT2D eigenvalue weighted by atomic mass is 10.1. The first-order valence-electron chi connectivity index (χ1n) is 8.43. The Morgan fingerprint density at radius 3 is 2.23 bits per heavy atom. The molecule has 1 heterocycles. The molecule has 0 N–H and O–H groups in total. The lowest BCUT2D eigenvalue weighted by molar-refractivity contribution is -0.128. The van der Waals surface area contributed by atoms with Crippen molar-refractivity contribution < 1.29 is 14.3 Å². The van der Waals surface area contributed by atoms with E-state index in [4.69, 9.17) is 9.47 Å². The SMILES string of the molecule is COc1cccc(OC)c1C1SCC(=O)N1Cc1ccc(N(C)C)cc1. The van der Waals surface area contributed by atoms with Crippen LogP contribution in [0.15, 0.2) is 42.5 Å². The number of hydrogen-bond donors (Lipinski definition) is 0. The van der Waals surface area contributed by atoms with Gasteiger partial charge in [-0.2, -0.15) is 0 Å². The molecule has 1 amide bonds. The van der Waals surface area contributed by atoms with E-state index in [0.717, 1.165) is 28.3 Å². The van der Waals surface area contributed by atoms with E-state index in [9.17, 15) is 4.79 Å². The summed E-state index contributed by atoms with van der Waals surface area (Å²) in [5.41, 5.74) is 3.15. The molecule has 2 aromatic rings. The number of nitrogens with zero attached hydrogens (tertiary/aromatic N) is 2. The number of benzene rings is 2. The van der Waals surface area contributed by atoms with E-state index in [2.05, 4.69) is 29.2 Å². The number of carbonyl (C=O) groups is 1. The van der Waals surface area contributed by atoms with Gasteiger partial charge in [-0.05, 0) is 29.8 Å². The number of carbonyl (C=O) groups excluding carboxylic acids is 1. The van der Waals surface area contributed by atoms with Crippen molar-refractivity contribution in [3.05, 3.63) is 53.6 Å². The molecule has 1 unspecified atom stereocenters. The predicted octanol–water partition coefficient (Wildman–Crippen LogP) is 3.54. The normalized spacial score (nSPS) is 16.7. The van der Waals surface area contributed by atoms with Crippen LogP contribution in [0.4, 0.5) is 5.69 Å². The van der Waals surface area contributed by atoms with Crippen LogP contribution < -0.4 is 14.4 Å². The topological polar surface area (TPSA) is 42.0 Å². The zero-order valence-electron chi connectivity index (χ0n) is 15.6. The Morgan fingerprint density at radius 2 is 1.69 bits per heavy atom. The molecule has 0 radical (unpaired) electrons. The van der Waals surface area contributed by atoms with Crippen LogP contribution in [0.25, 0.3) is 0 Å². The second-order valence-electron chi connectivity index (χ2n) is 6.32. The second-order valence-corrected chi connectivity index (χ2v) is 7.39. The molecule has 138 valence electrons. The van der Waals surface area contributed by atoms with E-state index in [1.165, 1.54) is 0 Å². The zero-order chi connectivity index (χ0) is 18.7. The van der Waals surface area contributed by atoms with Crippen molar-refractivity contribution in [1.82, 2.24) is 4.90 Å². The molecule has 1 fully saturated rings. The Morgan fingerprint density at radius 1 is 1.08 bits per heavy atom. The standard InChI is InChI=1S/C20H24N2O3S/c1-21(2)15-10-8-14(9-11-15)12-22-18(23)13-26-20(22)19-16(24-3)6-5-7-17(19)25-4/h5-11,20H,12-13H2,1-4H3. The molecule has 26 heavy (non-hydrogen) atoms. The van der Waals surface area contributed by atoms with Gasteiger partial charge in [0, 0.05) is 26.3 Å². The summed E-state index contributed by atoms with van der Waals surface area (Å²) in [6.07, 6.45) is 0. The average Bonchev–Trinajstić information content (AvgIpc) is 3.01. The molecule has 0 aromatic heterocycles. The van der Waals surface area contributed by atoms with Crippen molar-refractivity contribution in [2.24, 2.45) is 0 Å². The molecular weight excluding hydrogens is 348 g/mol. The number of thioether (sulfide) groups is 1. The summed E-state index contributed by atoms with van der Waals surface area (Å²) >= 11 is 1.61. The molecule has 0 saturated carbocycles. The smallest absolute Gasteiger partial charge is 0.234 e. The average molecular weight is 372 g/mol. The van der Waals surface area contributed by atoms with Crippen molar-refractivity contribution in [3.8, 4) is 11.5 Å². The third kappa shape index (κ3) is 3.60. The van der Waals surface area contributed by atoms with Crippen LogP contribution in [0, 0.1) is 0 Å². The minimum absolute atomic E-state index is 0.123. The summed E-state index contributed by atoms with van der Waals surface area (Å²) in [6, 6.07) is 14.0. The third-order valence-corrected chi connectivity index (χ3v) is 5.71. The Bertz CT molecular complexity index is 755. The summed E-state index contributed by atoms with van der Waals surface area (Å²) in [7, 11) is 7.31.